The van der Waals surface area contributed by atoms with E-state index >= 15 is 0 Å². The van der Waals surface area contributed by atoms with Crippen LogP contribution in [0.1, 0.15) is 58.1 Å². The van der Waals surface area contributed by atoms with E-state index in [1.54, 1.807) is 6.92 Å². The van der Waals surface area contributed by atoms with Gasteiger partial charge in [-0.3, -0.25) is 14.4 Å². The second kappa shape index (κ2) is 9.21. The van der Waals surface area contributed by atoms with E-state index in [4.69, 9.17) is 9.47 Å². The number of amides is 2. The van der Waals surface area contributed by atoms with Crippen LogP contribution in [0.25, 0.3) is 0 Å². The molecule has 0 aliphatic carbocycles. The van der Waals surface area contributed by atoms with Crippen LogP contribution < -0.4 is 5.32 Å². The van der Waals surface area contributed by atoms with Crippen molar-refractivity contribution in [1.82, 2.24) is 4.90 Å². The molecule has 4 rings (SSSR count). The number of aliphatic hydroxyl groups is 1. The van der Waals surface area contributed by atoms with Crippen molar-refractivity contribution in [1.29, 1.82) is 0 Å². The van der Waals surface area contributed by atoms with Gasteiger partial charge in [-0.15, -0.1) is 0 Å². The molecule has 1 spiro atoms. The van der Waals surface area contributed by atoms with Crippen molar-refractivity contribution in [2.75, 3.05) is 18.5 Å². The summed E-state index contributed by atoms with van der Waals surface area (Å²) in [6.07, 6.45) is 1.75. The molecule has 3 fully saturated rings. The number of nitrogens with zero attached hydrogens (tertiary/aromatic N) is 1. The smallest absolute Gasteiger partial charge is 0.312 e. The molecule has 35 heavy (non-hydrogen) atoms. The maximum absolute atomic E-state index is 14.1. The molecule has 3 saturated heterocycles. The third kappa shape index (κ3) is 3.85. The highest BCUT2D eigenvalue weighted by atomic mass is 16.6. The van der Waals surface area contributed by atoms with Crippen molar-refractivity contribution in [3.63, 3.8) is 0 Å². The van der Waals surface area contributed by atoms with E-state index in [1.807, 2.05) is 52.8 Å². The molecule has 8 nitrogen and oxygen atoms in total. The number of aliphatic hydroxyl groups excluding tert-OH is 1. The number of rotatable bonds is 8. The van der Waals surface area contributed by atoms with Crippen LogP contribution in [0.2, 0.25) is 0 Å². The Hall–Kier alpha value is -2.45. The number of benzene rings is 1. The van der Waals surface area contributed by atoms with E-state index in [2.05, 4.69) is 5.32 Å². The minimum absolute atomic E-state index is 0.0518. The fraction of sp³-hybridized carbons (Fsp3) is 0.667. The van der Waals surface area contributed by atoms with E-state index in [0.717, 1.165) is 17.5 Å². The standard InChI is InChI=1S/C27H38N2O6/c1-7-16(4)19(14-30)29-22(23(31)28-18-13-15(3)9-10-17(18)5)27-12-11-26(6,35-27)21(20(27)24(29)32)25(33)34-8-2/h9-10,13,16,19-22,30H,7-8,11-12,14H2,1-6H3,(H,28,31)/t16-,19-,20-,21-,22?,26+,27?/m0/s1. The predicted octanol–water partition coefficient (Wildman–Crippen LogP) is 2.98. The zero-order valence-corrected chi connectivity index (χ0v) is 21.6. The van der Waals surface area contributed by atoms with Crippen molar-refractivity contribution in [2.45, 2.75) is 84.1 Å². The molecule has 3 heterocycles. The Labute approximate surface area is 207 Å². The fourth-order valence-corrected chi connectivity index (χ4v) is 6.50. The minimum atomic E-state index is -1.15. The molecule has 0 radical (unpaired) electrons. The van der Waals surface area contributed by atoms with Gasteiger partial charge in [0.05, 0.1) is 30.8 Å². The first-order chi connectivity index (χ1) is 16.5. The minimum Gasteiger partial charge on any atom is -0.466 e. The molecule has 2 bridgehead atoms. The summed E-state index contributed by atoms with van der Waals surface area (Å²) < 4.78 is 11.9. The van der Waals surface area contributed by atoms with Gasteiger partial charge in [-0.25, -0.2) is 0 Å². The van der Waals surface area contributed by atoms with Crippen molar-refractivity contribution in [3.05, 3.63) is 29.3 Å². The molecular formula is C27H38N2O6. The van der Waals surface area contributed by atoms with Crippen molar-refractivity contribution in [3.8, 4) is 0 Å². The zero-order valence-electron chi connectivity index (χ0n) is 21.6. The van der Waals surface area contributed by atoms with Crippen LogP contribution in [-0.4, -0.2) is 64.3 Å². The van der Waals surface area contributed by atoms with Crippen molar-refractivity contribution < 1.29 is 29.0 Å². The topological polar surface area (TPSA) is 105 Å². The van der Waals surface area contributed by atoms with E-state index < -0.39 is 41.1 Å². The lowest BCUT2D eigenvalue weighted by molar-refractivity contribution is -0.160. The molecule has 1 aromatic rings. The first-order valence-corrected chi connectivity index (χ1v) is 12.7. The van der Waals surface area contributed by atoms with Crippen molar-refractivity contribution >= 4 is 23.5 Å². The second-order valence-electron chi connectivity index (χ2n) is 10.7. The third-order valence-corrected chi connectivity index (χ3v) is 8.50. The molecule has 2 N–H and O–H groups in total. The molecule has 2 unspecified atom stereocenters. The van der Waals surface area contributed by atoms with Gasteiger partial charge in [-0.2, -0.15) is 0 Å². The maximum atomic E-state index is 14.1. The number of anilines is 1. The summed E-state index contributed by atoms with van der Waals surface area (Å²) in [6.45, 7) is 11.3. The summed E-state index contributed by atoms with van der Waals surface area (Å²) in [7, 11) is 0. The average Bonchev–Trinajstić information content (AvgIpc) is 3.38. The van der Waals surface area contributed by atoms with Gasteiger partial charge in [0.15, 0.2) is 0 Å². The van der Waals surface area contributed by atoms with E-state index in [0.29, 0.717) is 18.5 Å². The largest absolute Gasteiger partial charge is 0.466 e. The first-order valence-electron chi connectivity index (χ1n) is 12.7. The molecule has 192 valence electrons. The molecule has 1 aromatic carbocycles. The zero-order chi connectivity index (χ0) is 25.7. The molecule has 0 saturated carbocycles. The summed E-state index contributed by atoms with van der Waals surface area (Å²) in [6, 6.07) is 4.28. The normalized spacial score (nSPS) is 32.9. The number of nitrogens with one attached hydrogen (secondary N) is 1. The number of fused-ring (bicyclic) bond motifs is 1. The Morgan fingerprint density at radius 2 is 2.00 bits per heavy atom. The molecule has 3 aliphatic heterocycles. The van der Waals surface area contributed by atoms with Gasteiger partial charge in [-0.1, -0.05) is 32.4 Å². The van der Waals surface area contributed by atoms with Crippen LogP contribution in [0.15, 0.2) is 18.2 Å². The fourth-order valence-electron chi connectivity index (χ4n) is 6.50. The summed E-state index contributed by atoms with van der Waals surface area (Å²) in [4.78, 5) is 42.7. The van der Waals surface area contributed by atoms with Gasteiger partial charge in [0.25, 0.3) is 0 Å². The van der Waals surface area contributed by atoms with Gasteiger partial charge < -0.3 is 24.8 Å². The van der Waals surface area contributed by atoms with Gasteiger partial charge in [0.1, 0.15) is 17.6 Å². The quantitative estimate of drug-likeness (QED) is 0.548. The lowest BCUT2D eigenvalue weighted by Crippen LogP contribution is -2.57. The number of esters is 1. The number of hydrogen-bond donors (Lipinski definition) is 2. The Bertz CT molecular complexity index is 1030. The van der Waals surface area contributed by atoms with Gasteiger partial charge in [0.2, 0.25) is 11.8 Å². The first kappa shape index (κ1) is 25.6. The van der Waals surface area contributed by atoms with Crippen LogP contribution in [0.3, 0.4) is 0 Å². The van der Waals surface area contributed by atoms with Crippen LogP contribution in [0, 0.1) is 31.6 Å². The highest BCUT2D eigenvalue weighted by molar-refractivity contribution is 6.03. The van der Waals surface area contributed by atoms with Crippen LogP contribution in [0.5, 0.6) is 0 Å². The monoisotopic (exact) mass is 486 g/mol. The van der Waals surface area contributed by atoms with Crippen LogP contribution in [0.4, 0.5) is 5.69 Å². The van der Waals surface area contributed by atoms with Crippen LogP contribution in [-0.2, 0) is 23.9 Å². The number of carbonyl (C=O) groups excluding carboxylic acids is 3. The molecular weight excluding hydrogens is 448 g/mol. The van der Waals surface area contributed by atoms with E-state index in [-0.39, 0.29) is 30.9 Å². The number of likely N-dealkylation sites (tertiary alicyclic amines) is 1. The Kier molecular flexibility index (Phi) is 6.74. The summed E-state index contributed by atoms with van der Waals surface area (Å²) in [5, 5.41) is 13.4. The second-order valence-corrected chi connectivity index (χ2v) is 10.7. The number of ether oxygens (including phenoxy) is 2. The van der Waals surface area contributed by atoms with Crippen molar-refractivity contribution in [2.24, 2.45) is 17.8 Å². The highest BCUT2D eigenvalue weighted by Crippen LogP contribution is 2.63. The Morgan fingerprint density at radius 3 is 2.63 bits per heavy atom. The average molecular weight is 487 g/mol. The predicted molar refractivity (Wildman–Crippen MR) is 131 cm³/mol. The van der Waals surface area contributed by atoms with Gasteiger partial charge >= 0.3 is 5.97 Å². The summed E-state index contributed by atoms with van der Waals surface area (Å²) in [5.41, 5.74) is 0.560. The highest BCUT2D eigenvalue weighted by Gasteiger charge is 2.79. The summed E-state index contributed by atoms with van der Waals surface area (Å²) in [5.74, 6) is -2.80. The molecule has 0 aromatic heterocycles. The Balaban J connectivity index is 1.81. The number of hydrogen-bond acceptors (Lipinski definition) is 6. The molecule has 2 amide bonds. The van der Waals surface area contributed by atoms with Gasteiger partial charge in [-0.05, 0) is 63.6 Å². The SMILES string of the molecule is CCOC(=O)[C@@H]1[C@H]2C(=O)N([C@@H](CO)[C@@H](C)CC)C(C(=O)Nc3cc(C)ccc3C)C23CC[C@@]1(C)O3. The molecule has 3 aliphatic rings. The third-order valence-electron chi connectivity index (χ3n) is 8.50. The van der Waals surface area contributed by atoms with Gasteiger partial charge in [0, 0.05) is 5.69 Å². The lowest BCUT2D eigenvalue weighted by atomic mass is 9.66. The molecule has 8 heteroatoms. The lowest BCUT2D eigenvalue weighted by Gasteiger charge is -2.39. The van der Waals surface area contributed by atoms with E-state index in [1.165, 1.54) is 4.90 Å². The number of carbonyl (C=O) groups is 3. The summed E-state index contributed by atoms with van der Waals surface area (Å²) >= 11 is 0. The number of aryl methyl sites for hydroxylation is 2. The van der Waals surface area contributed by atoms with Crippen LogP contribution >= 0.6 is 0 Å². The molecule has 7 atom stereocenters. The van der Waals surface area contributed by atoms with E-state index in [9.17, 15) is 19.5 Å². The maximum Gasteiger partial charge on any atom is 0.312 e. The Morgan fingerprint density at radius 1 is 1.29 bits per heavy atom.